The van der Waals surface area contributed by atoms with Crippen molar-refractivity contribution in [2.75, 3.05) is 19.8 Å². The highest BCUT2D eigenvalue weighted by Gasteiger charge is 2.44. The van der Waals surface area contributed by atoms with Crippen LogP contribution in [0.1, 0.15) is 232 Å². The van der Waals surface area contributed by atoms with Crippen molar-refractivity contribution in [3.05, 3.63) is 24.3 Å². The lowest BCUT2D eigenvalue weighted by Gasteiger charge is -2.40. The Morgan fingerprint density at radius 1 is 0.571 bits per heavy atom. The minimum atomic E-state index is -1.58. The van der Waals surface area contributed by atoms with Crippen LogP contribution < -0.4 is 5.32 Å². The Bertz CT molecular complexity index is 1100. The highest BCUT2D eigenvalue weighted by Crippen LogP contribution is 2.23. The molecule has 6 N–H and O–H groups in total. The topological polar surface area (TPSA) is 175 Å². The van der Waals surface area contributed by atoms with Gasteiger partial charge in [0.15, 0.2) is 6.29 Å². The second-order valence-electron chi connectivity index (χ2n) is 18.2. The van der Waals surface area contributed by atoms with Crippen LogP contribution in [0.5, 0.6) is 0 Å². The van der Waals surface area contributed by atoms with Gasteiger partial charge in [0, 0.05) is 12.8 Å². The lowest BCUT2D eigenvalue weighted by Crippen LogP contribution is -2.60. The summed E-state index contributed by atoms with van der Waals surface area (Å²) >= 11 is 0. The van der Waals surface area contributed by atoms with Gasteiger partial charge in [-0.1, -0.05) is 199 Å². The van der Waals surface area contributed by atoms with Gasteiger partial charge in [0.2, 0.25) is 5.91 Å². The molecule has 7 atom stereocenters. The van der Waals surface area contributed by atoms with E-state index in [2.05, 4.69) is 31.3 Å². The maximum atomic E-state index is 13.0. The standard InChI is InChI=1S/C52H97NO10/c1-3-5-7-9-11-13-15-19-22-26-30-34-38-45(55)44(43-62-52-51(60)50(59)49(58)46(42-54)63-52)53-47(56)39-35-31-27-23-20-16-17-21-25-29-33-37-41-61-48(57)40-36-32-28-24-18-14-12-10-8-6-4-2/h19,22,34,38,44-46,49-52,54-55,58-60H,3-18,20-21,23-33,35-37,39-43H2,1-2H3,(H,53,56)/b22-19+,38-34+. The molecule has 1 amide bonds. The van der Waals surface area contributed by atoms with Gasteiger partial charge in [-0.2, -0.15) is 0 Å². The van der Waals surface area contributed by atoms with Crippen LogP contribution in [0.4, 0.5) is 0 Å². The van der Waals surface area contributed by atoms with Crippen molar-refractivity contribution in [2.24, 2.45) is 0 Å². The second-order valence-corrected chi connectivity index (χ2v) is 18.2. The van der Waals surface area contributed by atoms with E-state index >= 15 is 0 Å². The molecule has 7 unspecified atom stereocenters. The average molecular weight is 896 g/mol. The Morgan fingerprint density at radius 3 is 1.57 bits per heavy atom. The van der Waals surface area contributed by atoms with Gasteiger partial charge in [0.1, 0.15) is 24.4 Å². The van der Waals surface area contributed by atoms with E-state index < -0.39 is 49.5 Å². The number of allylic oxidation sites excluding steroid dienone is 3. The number of carbonyl (C=O) groups excluding carboxylic acids is 2. The molecule has 0 spiro atoms. The van der Waals surface area contributed by atoms with Crippen molar-refractivity contribution < 1.29 is 49.3 Å². The molecular formula is C52H97NO10. The normalized spacial score (nSPS) is 20.1. The summed E-state index contributed by atoms with van der Waals surface area (Å²) in [4.78, 5) is 25.0. The van der Waals surface area contributed by atoms with Crippen molar-refractivity contribution >= 4 is 11.9 Å². The summed E-state index contributed by atoms with van der Waals surface area (Å²) in [5, 5.41) is 54.2. The van der Waals surface area contributed by atoms with Crippen LogP contribution in [0.2, 0.25) is 0 Å². The predicted molar refractivity (Wildman–Crippen MR) is 255 cm³/mol. The monoisotopic (exact) mass is 896 g/mol. The highest BCUT2D eigenvalue weighted by molar-refractivity contribution is 5.76. The van der Waals surface area contributed by atoms with E-state index in [0.717, 1.165) is 70.6 Å². The number of esters is 1. The number of aliphatic hydroxyl groups is 5. The maximum Gasteiger partial charge on any atom is 0.305 e. The van der Waals surface area contributed by atoms with Crippen LogP contribution in [0.25, 0.3) is 0 Å². The average Bonchev–Trinajstić information content (AvgIpc) is 3.28. The number of aliphatic hydroxyl groups excluding tert-OH is 5. The maximum absolute atomic E-state index is 13.0. The molecule has 0 bridgehead atoms. The van der Waals surface area contributed by atoms with Gasteiger partial charge in [-0.05, 0) is 44.9 Å². The van der Waals surface area contributed by atoms with E-state index in [0.29, 0.717) is 19.4 Å². The van der Waals surface area contributed by atoms with Gasteiger partial charge in [0.05, 0.1) is 32.0 Å². The fraction of sp³-hybridized carbons (Fsp3) is 0.885. The van der Waals surface area contributed by atoms with Gasteiger partial charge in [-0.3, -0.25) is 9.59 Å². The van der Waals surface area contributed by atoms with E-state index in [1.165, 1.54) is 135 Å². The van der Waals surface area contributed by atoms with Crippen LogP contribution in [-0.2, 0) is 23.8 Å². The molecule has 11 heteroatoms. The first-order chi connectivity index (χ1) is 30.7. The molecule has 1 fully saturated rings. The number of nitrogens with one attached hydrogen (secondary N) is 1. The number of hydrogen-bond donors (Lipinski definition) is 6. The number of carbonyl (C=O) groups is 2. The first-order valence-electron chi connectivity index (χ1n) is 26.1. The number of amides is 1. The molecule has 370 valence electrons. The Hall–Kier alpha value is -1.86. The molecule has 0 radical (unpaired) electrons. The Labute approximate surface area is 384 Å². The quantitative estimate of drug-likeness (QED) is 0.0196. The lowest BCUT2D eigenvalue weighted by molar-refractivity contribution is -0.302. The highest BCUT2D eigenvalue weighted by atomic mass is 16.7. The molecule has 11 nitrogen and oxygen atoms in total. The van der Waals surface area contributed by atoms with Crippen molar-refractivity contribution in [1.82, 2.24) is 5.32 Å². The molecule has 1 rings (SSSR count). The zero-order valence-electron chi connectivity index (χ0n) is 40.3. The number of hydrogen-bond acceptors (Lipinski definition) is 10. The van der Waals surface area contributed by atoms with Crippen LogP contribution in [0.3, 0.4) is 0 Å². The predicted octanol–water partition coefficient (Wildman–Crippen LogP) is 10.6. The number of unbranched alkanes of at least 4 members (excludes halogenated alkanes) is 28. The molecule has 0 aliphatic carbocycles. The number of rotatable bonds is 44. The molecule has 0 aromatic heterocycles. The SMILES string of the molecule is CCCCCCCC/C=C/CC/C=C/C(O)C(COC1OC(CO)C(O)C(O)C1O)NC(=O)CCCCCCCCCCCCCCOC(=O)CCCCCCCCCCCCC. The zero-order chi connectivity index (χ0) is 46.0. The summed E-state index contributed by atoms with van der Waals surface area (Å²) in [6.45, 7) is 4.24. The minimum absolute atomic E-state index is 0.0350. The lowest BCUT2D eigenvalue weighted by atomic mass is 9.99. The van der Waals surface area contributed by atoms with E-state index in [1.54, 1.807) is 6.08 Å². The Kier molecular flexibility index (Phi) is 40.1. The van der Waals surface area contributed by atoms with Crippen LogP contribution in [-0.4, -0.2) is 100 Å². The van der Waals surface area contributed by atoms with Gasteiger partial charge >= 0.3 is 5.97 Å². The third kappa shape index (κ3) is 33.3. The minimum Gasteiger partial charge on any atom is -0.466 e. The van der Waals surface area contributed by atoms with Crippen molar-refractivity contribution in [3.63, 3.8) is 0 Å². The molecule has 1 heterocycles. The van der Waals surface area contributed by atoms with Crippen LogP contribution >= 0.6 is 0 Å². The Morgan fingerprint density at radius 2 is 1.03 bits per heavy atom. The molecule has 1 aliphatic rings. The number of ether oxygens (including phenoxy) is 3. The third-order valence-corrected chi connectivity index (χ3v) is 12.3. The van der Waals surface area contributed by atoms with Gasteiger partial charge < -0.3 is 45.1 Å². The first-order valence-corrected chi connectivity index (χ1v) is 26.1. The molecule has 1 saturated heterocycles. The summed E-state index contributed by atoms with van der Waals surface area (Å²) in [5.74, 6) is -0.243. The summed E-state index contributed by atoms with van der Waals surface area (Å²) < 4.78 is 16.6. The third-order valence-electron chi connectivity index (χ3n) is 12.3. The van der Waals surface area contributed by atoms with E-state index in [1.807, 2.05) is 6.08 Å². The molecule has 0 saturated carbocycles. The Balaban J connectivity index is 2.20. The molecule has 63 heavy (non-hydrogen) atoms. The van der Waals surface area contributed by atoms with E-state index in [-0.39, 0.29) is 18.5 Å². The van der Waals surface area contributed by atoms with Gasteiger partial charge in [0.25, 0.3) is 0 Å². The van der Waals surface area contributed by atoms with Crippen molar-refractivity contribution in [2.45, 2.75) is 275 Å². The van der Waals surface area contributed by atoms with Crippen molar-refractivity contribution in [1.29, 1.82) is 0 Å². The molecule has 0 aromatic carbocycles. The molecule has 0 aromatic rings. The van der Waals surface area contributed by atoms with Gasteiger partial charge in [-0.15, -0.1) is 0 Å². The van der Waals surface area contributed by atoms with E-state index in [4.69, 9.17) is 14.2 Å². The summed E-state index contributed by atoms with van der Waals surface area (Å²) in [6.07, 6.45) is 38.2. The van der Waals surface area contributed by atoms with Crippen molar-refractivity contribution in [3.8, 4) is 0 Å². The smallest absolute Gasteiger partial charge is 0.305 e. The largest absolute Gasteiger partial charge is 0.466 e. The summed E-state index contributed by atoms with van der Waals surface area (Å²) in [7, 11) is 0. The summed E-state index contributed by atoms with van der Waals surface area (Å²) in [5.41, 5.74) is 0. The fourth-order valence-corrected chi connectivity index (χ4v) is 8.10. The van der Waals surface area contributed by atoms with Crippen LogP contribution in [0.15, 0.2) is 24.3 Å². The second kappa shape index (κ2) is 42.8. The van der Waals surface area contributed by atoms with E-state index in [9.17, 15) is 35.1 Å². The zero-order valence-corrected chi connectivity index (χ0v) is 40.3. The fourth-order valence-electron chi connectivity index (χ4n) is 8.10. The van der Waals surface area contributed by atoms with Gasteiger partial charge in [-0.25, -0.2) is 0 Å². The summed E-state index contributed by atoms with van der Waals surface area (Å²) in [6, 6.07) is -0.837. The molecular weight excluding hydrogens is 799 g/mol. The first kappa shape index (κ1) is 59.2. The van der Waals surface area contributed by atoms with Crippen LogP contribution in [0, 0.1) is 0 Å². The molecule has 1 aliphatic heterocycles.